The van der Waals surface area contributed by atoms with E-state index in [0.717, 1.165) is 25.2 Å². The summed E-state index contributed by atoms with van der Waals surface area (Å²) in [4.78, 5) is 12.6. The Bertz CT molecular complexity index is 1040. The van der Waals surface area contributed by atoms with Crippen LogP contribution in [0.25, 0.3) is 11.1 Å². The molecule has 0 spiro atoms. The number of rotatable bonds is 11. The van der Waals surface area contributed by atoms with Gasteiger partial charge in [-0.3, -0.25) is 4.79 Å². The minimum absolute atomic E-state index is 0.105. The number of benzene rings is 3. The summed E-state index contributed by atoms with van der Waals surface area (Å²) >= 11 is 0. The Balaban J connectivity index is 1.18. The van der Waals surface area contributed by atoms with Crippen LogP contribution in [0, 0.1) is 11.8 Å². The summed E-state index contributed by atoms with van der Waals surface area (Å²) in [5.74, 6) is 2.03. The Morgan fingerprint density at radius 1 is 0.833 bits per heavy atom. The van der Waals surface area contributed by atoms with E-state index in [1.807, 2.05) is 25.1 Å². The summed E-state index contributed by atoms with van der Waals surface area (Å²) in [5.41, 5.74) is 5.19. The van der Waals surface area contributed by atoms with Crippen LogP contribution in [0.5, 0.6) is 5.75 Å². The molecule has 1 atom stereocenters. The smallest absolute Gasteiger partial charge is 0.314 e. The van der Waals surface area contributed by atoms with Gasteiger partial charge < -0.3 is 4.74 Å². The zero-order valence-electron chi connectivity index (χ0n) is 22.1. The van der Waals surface area contributed by atoms with Crippen LogP contribution in [0.3, 0.4) is 0 Å². The Morgan fingerprint density at radius 2 is 1.50 bits per heavy atom. The zero-order chi connectivity index (χ0) is 25.2. The van der Waals surface area contributed by atoms with Crippen molar-refractivity contribution in [2.24, 2.45) is 11.8 Å². The van der Waals surface area contributed by atoms with Crippen molar-refractivity contribution in [2.45, 2.75) is 84.0 Å². The van der Waals surface area contributed by atoms with Crippen molar-refractivity contribution < 1.29 is 9.53 Å². The molecule has 1 saturated carbocycles. The van der Waals surface area contributed by atoms with Gasteiger partial charge in [0.25, 0.3) is 0 Å². The van der Waals surface area contributed by atoms with Gasteiger partial charge in [-0.05, 0) is 91.2 Å². The monoisotopic (exact) mass is 482 g/mol. The van der Waals surface area contributed by atoms with Crippen LogP contribution >= 0.6 is 0 Å². The van der Waals surface area contributed by atoms with E-state index < -0.39 is 0 Å². The van der Waals surface area contributed by atoms with Gasteiger partial charge in [-0.25, -0.2) is 0 Å². The first-order valence-corrected chi connectivity index (χ1v) is 14.1. The van der Waals surface area contributed by atoms with Gasteiger partial charge in [0.05, 0.1) is 5.92 Å². The number of carbonyl (C=O) groups is 1. The highest BCUT2D eigenvalue weighted by Gasteiger charge is 2.22. The molecular formula is C34H42O2. The van der Waals surface area contributed by atoms with Crippen molar-refractivity contribution in [3.05, 3.63) is 90.0 Å². The van der Waals surface area contributed by atoms with E-state index in [-0.39, 0.29) is 11.9 Å². The molecule has 0 radical (unpaired) electrons. The largest absolute Gasteiger partial charge is 0.426 e. The molecule has 0 bridgehead atoms. The van der Waals surface area contributed by atoms with Gasteiger partial charge in [-0.2, -0.15) is 0 Å². The topological polar surface area (TPSA) is 26.3 Å². The number of carbonyl (C=O) groups excluding carboxylic acids is 1. The summed E-state index contributed by atoms with van der Waals surface area (Å²) in [6.45, 7) is 4.26. The lowest BCUT2D eigenvalue weighted by atomic mass is 9.77. The third-order valence-electron chi connectivity index (χ3n) is 7.95. The SMILES string of the molecule is CCCCC1CCC(c2ccc(OC(=O)C(C)CCCc3ccc(-c4ccccc4)cc3)cc2)CC1. The average Bonchev–Trinajstić information content (AvgIpc) is 2.93. The molecule has 0 saturated heterocycles. The maximum absolute atomic E-state index is 12.6. The molecule has 0 N–H and O–H groups in total. The first-order chi connectivity index (χ1) is 17.6. The average molecular weight is 483 g/mol. The maximum Gasteiger partial charge on any atom is 0.314 e. The zero-order valence-corrected chi connectivity index (χ0v) is 22.1. The fourth-order valence-corrected chi connectivity index (χ4v) is 5.53. The Kier molecular flexibility index (Phi) is 9.78. The lowest BCUT2D eigenvalue weighted by Gasteiger charge is -2.28. The molecule has 2 nitrogen and oxygen atoms in total. The van der Waals surface area contributed by atoms with Crippen molar-refractivity contribution in [3.8, 4) is 16.9 Å². The van der Waals surface area contributed by atoms with Gasteiger partial charge in [0.1, 0.15) is 5.75 Å². The molecule has 1 aliphatic carbocycles. The first-order valence-electron chi connectivity index (χ1n) is 14.1. The fourth-order valence-electron chi connectivity index (χ4n) is 5.53. The van der Waals surface area contributed by atoms with Crippen LogP contribution in [-0.4, -0.2) is 5.97 Å². The molecule has 4 rings (SSSR count). The van der Waals surface area contributed by atoms with E-state index >= 15 is 0 Å². The van der Waals surface area contributed by atoms with E-state index in [1.54, 1.807) is 0 Å². The van der Waals surface area contributed by atoms with Gasteiger partial charge in [0.2, 0.25) is 0 Å². The molecule has 0 aliphatic heterocycles. The minimum atomic E-state index is -0.126. The van der Waals surface area contributed by atoms with Gasteiger partial charge >= 0.3 is 5.97 Å². The summed E-state index contributed by atoms with van der Waals surface area (Å²) in [6, 6.07) is 27.5. The Morgan fingerprint density at radius 3 is 2.17 bits per heavy atom. The van der Waals surface area contributed by atoms with Crippen molar-refractivity contribution in [2.75, 3.05) is 0 Å². The van der Waals surface area contributed by atoms with Gasteiger partial charge in [-0.1, -0.05) is 99.8 Å². The van der Waals surface area contributed by atoms with Crippen LogP contribution < -0.4 is 4.74 Å². The molecule has 0 aromatic heterocycles. The Hall–Kier alpha value is -2.87. The highest BCUT2D eigenvalue weighted by Crippen LogP contribution is 2.38. The minimum Gasteiger partial charge on any atom is -0.426 e. The third kappa shape index (κ3) is 7.56. The molecule has 1 fully saturated rings. The fraction of sp³-hybridized carbons (Fsp3) is 0.441. The number of hydrogen-bond acceptors (Lipinski definition) is 2. The van der Waals surface area contributed by atoms with Crippen molar-refractivity contribution in [1.82, 2.24) is 0 Å². The molecule has 0 heterocycles. The lowest BCUT2D eigenvalue weighted by molar-refractivity contribution is -0.138. The second kappa shape index (κ2) is 13.4. The second-order valence-corrected chi connectivity index (χ2v) is 10.7. The standard InChI is InChI=1S/C34H42O2/c1-3-4-10-27-14-20-31(21-15-27)32-22-24-33(25-23-32)36-34(35)26(2)9-8-11-28-16-18-30(19-17-28)29-12-6-5-7-13-29/h5-7,12-13,16-19,22-27,31H,3-4,8-11,14-15,20-21H2,1-2H3. The second-order valence-electron chi connectivity index (χ2n) is 10.7. The quantitative estimate of drug-likeness (QED) is 0.201. The maximum atomic E-state index is 12.6. The highest BCUT2D eigenvalue weighted by molar-refractivity contribution is 5.74. The summed E-state index contributed by atoms with van der Waals surface area (Å²) in [6.07, 6.45) is 12.2. The van der Waals surface area contributed by atoms with Crippen LogP contribution in [-0.2, 0) is 11.2 Å². The van der Waals surface area contributed by atoms with E-state index in [2.05, 4.69) is 67.6 Å². The number of esters is 1. The Labute approximate surface area is 218 Å². The van der Waals surface area contributed by atoms with Crippen LogP contribution in [0.15, 0.2) is 78.9 Å². The van der Waals surface area contributed by atoms with E-state index in [9.17, 15) is 4.79 Å². The van der Waals surface area contributed by atoms with Crippen molar-refractivity contribution in [3.63, 3.8) is 0 Å². The summed E-state index contributed by atoms with van der Waals surface area (Å²) < 4.78 is 5.71. The lowest BCUT2D eigenvalue weighted by Crippen LogP contribution is -2.18. The van der Waals surface area contributed by atoms with E-state index in [1.165, 1.54) is 67.2 Å². The molecule has 2 heteroatoms. The molecule has 3 aromatic carbocycles. The summed E-state index contributed by atoms with van der Waals surface area (Å²) in [7, 11) is 0. The van der Waals surface area contributed by atoms with Crippen LogP contribution in [0.2, 0.25) is 0 Å². The first kappa shape index (κ1) is 26.2. The molecular weight excluding hydrogens is 440 g/mol. The molecule has 1 aliphatic rings. The van der Waals surface area contributed by atoms with Gasteiger partial charge in [0, 0.05) is 0 Å². The molecule has 1 unspecified atom stereocenters. The highest BCUT2D eigenvalue weighted by atomic mass is 16.5. The number of hydrogen-bond donors (Lipinski definition) is 0. The number of aryl methyl sites for hydroxylation is 1. The molecule has 36 heavy (non-hydrogen) atoms. The van der Waals surface area contributed by atoms with Gasteiger partial charge in [-0.15, -0.1) is 0 Å². The van der Waals surface area contributed by atoms with Crippen LogP contribution in [0.1, 0.15) is 88.7 Å². The van der Waals surface area contributed by atoms with Crippen LogP contribution in [0.4, 0.5) is 0 Å². The molecule has 0 amide bonds. The number of ether oxygens (including phenoxy) is 1. The van der Waals surface area contributed by atoms with E-state index in [4.69, 9.17) is 4.74 Å². The van der Waals surface area contributed by atoms with Gasteiger partial charge in [0.15, 0.2) is 0 Å². The predicted octanol–water partition coefficient (Wildman–Crippen LogP) is 9.38. The predicted molar refractivity (Wildman–Crippen MR) is 150 cm³/mol. The number of unbranched alkanes of at least 4 members (excludes halogenated alkanes) is 1. The van der Waals surface area contributed by atoms with E-state index in [0.29, 0.717) is 11.7 Å². The normalized spacial score (nSPS) is 18.5. The molecule has 190 valence electrons. The summed E-state index contributed by atoms with van der Waals surface area (Å²) in [5, 5.41) is 0. The molecule has 3 aromatic rings. The van der Waals surface area contributed by atoms with Crippen molar-refractivity contribution >= 4 is 5.97 Å². The van der Waals surface area contributed by atoms with Crippen molar-refractivity contribution in [1.29, 1.82) is 0 Å². The third-order valence-corrected chi connectivity index (χ3v) is 7.95.